The molecule has 0 heterocycles. The first-order valence-corrected chi connectivity index (χ1v) is 8.17. The lowest BCUT2D eigenvalue weighted by molar-refractivity contribution is 0.0772. The van der Waals surface area contributed by atoms with Gasteiger partial charge in [0.05, 0.1) is 6.10 Å². The van der Waals surface area contributed by atoms with E-state index >= 15 is 0 Å². The maximum Gasteiger partial charge on any atom is 0.0518 e. The van der Waals surface area contributed by atoms with E-state index in [-0.39, 0.29) is 0 Å². The van der Waals surface area contributed by atoms with Crippen molar-refractivity contribution in [2.24, 2.45) is 0 Å². The lowest BCUT2D eigenvalue weighted by Crippen LogP contribution is -2.20. The second-order valence-corrected chi connectivity index (χ2v) is 6.29. The minimum absolute atomic E-state index is 0.344. The van der Waals surface area contributed by atoms with Gasteiger partial charge in [0.1, 0.15) is 0 Å². The van der Waals surface area contributed by atoms with Crippen LogP contribution >= 0.6 is 27.7 Å². The molecule has 0 saturated carbocycles. The van der Waals surface area contributed by atoms with Gasteiger partial charge in [-0.25, -0.2) is 0 Å². The van der Waals surface area contributed by atoms with Crippen LogP contribution in [0.4, 0.5) is 0 Å². The summed E-state index contributed by atoms with van der Waals surface area (Å²) in [6, 6.07) is 8.34. The van der Waals surface area contributed by atoms with Crippen LogP contribution in [-0.4, -0.2) is 31.6 Å². The van der Waals surface area contributed by atoms with E-state index in [2.05, 4.69) is 53.3 Å². The lowest BCUT2D eigenvalue weighted by atomic mass is 10.4. The van der Waals surface area contributed by atoms with Gasteiger partial charge < -0.3 is 10.1 Å². The molecule has 0 aromatic heterocycles. The summed E-state index contributed by atoms with van der Waals surface area (Å²) in [5.41, 5.74) is 0. The summed E-state index contributed by atoms with van der Waals surface area (Å²) in [4.78, 5) is 1.31. The fourth-order valence-electron chi connectivity index (χ4n) is 1.44. The first-order chi connectivity index (χ1) is 8.70. The number of ether oxygens (including phenoxy) is 1. The highest BCUT2D eigenvalue weighted by Crippen LogP contribution is 2.26. The average Bonchev–Trinajstić information content (AvgIpc) is 2.34. The Balaban J connectivity index is 1.98. The predicted octanol–water partition coefficient (Wildman–Crippen LogP) is 3.95. The maximum absolute atomic E-state index is 5.48. The number of hydrogen-bond donors (Lipinski definition) is 1. The molecule has 0 aliphatic heterocycles. The smallest absolute Gasteiger partial charge is 0.0518 e. The van der Waals surface area contributed by atoms with Crippen molar-refractivity contribution in [1.29, 1.82) is 0 Å². The number of hydrogen-bond acceptors (Lipinski definition) is 3. The summed E-state index contributed by atoms with van der Waals surface area (Å²) in [6.45, 7) is 7.06. The van der Waals surface area contributed by atoms with Crippen LogP contribution in [0.15, 0.2) is 33.6 Å². The van der Waals surface area contributed by atoms with Crippen LogP contribution in [0.2, 0.25) is 0 Å². The Morgan fingerprint density at radius 3 is 2.78 bits per heavy atom. The summed E-state index contributed by atoms with van der Waals surface area (Å²) in [5.74, 6) is 1.09. The van der Waals surface area contributed by atoms with Crippen molar-refractivity contribution >= 4 is 27.7 Å². The van der Waals surface area contributed by atoms with Crippen molar-refractivity contribution in [2.75, 3.05) is 25.4 Å². The highest BCUT2D eigenvalue weighted by atomic mass is 79.9. The Morgan fingerprint density at radius 2 is 2.06 bits per heavy atom. The molecule has 0 amide bonds. The molecule has 0 spiro atoms. The van der Waals surface area contributed by atoms with Crippen LogP contribution in [0.25, 0.3) is 0 Å². The summed E-state index contributed by atoms with van der Waals surface area (Å²) in [5, 5.41) is 3.43. The SMILES string of the molecule is CC(C)OCCCNCCSc1ccccc1Br. The molecule has 18 heavy (non-hydrogen) atoms. The molecule has 2 nitrogen and oxygen atoms in total. The van der Waals surface area contributed by atoms with Crippen molar-refractivity contribution in [3.63, 3.8) is 0 Å². The molecular weight excluding hydrogens is 310 g/mol. The number of rotatable bonds is 9. The van der Waals surface area contributed by atoms with Crippen LogP contribution in [0.1, 0.15) is 20.3 Å². The molecule has 102 valence electrons. The van der Waals surface area contributed by atoms with Crippen molar-refractivity contribution in [3.8, 4) is 0 Å². The first kappa shape index (κ1) is 16.0. The zero-order valence-corrected chi connectivity index (χ0v) is 13.5. The summed E-state index contributed by atoms with van der Waals surface area (Å²) < 4.78 is 6.66. The largest absolute Gasteiger partial charge is 0.379 e. The monoisotopic (exact) mass is 331 g/mol. The van der Waals surface area contributed by atoms with Crippen LogP contribution in [0.3, 0.4) is 0 Å². The Bertz CT molecular complexity index is 333. The molecule has 1 aromatic rings. The molecule has 0 bridgehead atoms. The summed E-state index contributed by atoms with van der Waals surface area (Å²) in [7, 11) is 0. The highest BCUT2D eigenvalue weighted by Gasteiger charge is 1.98. The third kappa shape index (κ3) is 7.41. The molecular formula is C14H22BrNOS. The molecule has 0 aliphatic rings. The minimum atomic E-state index is 0.344. The fourth-order valence-corrected chi connectivity index (χ4v) is 2.91. The molecule has 0 aliphatic carbocycles. The lowest BCUT2D eigenvalue weighted by Gasteiger charge is -2.08. The van der Waals surface area contributed by atoms with Gasteiger partial charge in [-0.05, 0) is 54.9 Å². The minimum Gasteiger partial charge on any atom is -0.379 e. The third-order valence-corrected chi connectivity index (χ3v) is 4.35. The second kappa shape index (κ2) is 9.84. The van der Waals surface area contributed by atoms with E-state index in [1.54, 1.807) is 0 Å². The van der Waals surface area contributed by atoms with Crippen molar-refractivity contribution in [3.05, 3.63) is 28.7 Å². The van der Waals surface area contributed by atoms with Gasteiger partial charge in [-0.1, -0.05) is 12.1 Å². The summed E-state index contributed by atoms with van der Waals surface area (Å²) in [6.07, 6.45) is 1.42. The van der Waals surface area contributed by atoms with E-state index in [0.29, 0.717) is 6.10 Å². The van der Waals surface area contributed by atoms with Gasteiger partial charge >= 0.3 is 0 Å². The van der Waals surface area contributed by atoms with Crippen LogP contribution in [0.5, 0.6) is 0 Å². The third-order valence-electron chi connectivity index (χ3n) is 2.32. The summed E-state index contributed by atoms with van der Waals surface area (Å²) >= 11 is 5.43. The second-order valence-electron chi connectivity index (χ2n) is 4.30. The van der Waals surface area contributed by atoms with Crippen LogP contribution < -0.4 is 5.32 Å². The molecule has 1 rings (SSSR count). The topological polar surface area (TPSA) is 21.3 Å². The predicted molar refractivity (Wildman–Crippen MR) is 83.4 cm³/mol. The normalized spacial score (nSPS) is 11.1. The van der Waals surface area contributed by atoms with Gasteiger partial charge in [0.25, 0.3) is 0 Å². The van der Waals surface area contributed by atoms with E-state index < -0.39 is 0 Å². The standard InChI is InChI=1S/C14H22BrNOS/c1-12(2)17-10-5-8-16-9-11-18-14-7-4-3-6-13(14)15/h3-4,6-7,12,16H,5,8-11H2,1-2H3. The number of halogens is 1. The van der Waals surface area contributed by atoms with E-state index in [9.17, 15) is 0 Å². The van der Waals surface area contributed by atoms with Crippen LogP contribution in [-0.2, 0) is 4.74 Å². The number of benzene rings is 1. The molecule has 0 atom stereocenters. The van der Waals surface area contributed by atoms with E-state index in [4.69, 9.17) is 4.74 Å². The van der Waals surface area contributed by atoms with E-state index in [1.807, 2.05) is 17.8 Å². The van der Waals surface area contributed by atoms with Gasteiger partial charge in [-0.2, -0.15) is 0 Å². The Kier molecular flexibility index (Phi) is 8.76. The fraction of sp³-hybridized carbons (Fsp3) is 0.571. The molecule has 4 heteroatoms. The molecule has 1 N–H and O–H groups in total. The first-order valence-electron chi connectivity index (χ1n) is 6.40. The number of thioether (sulfide) groups is 1. The quantitative estimate of drug-likeness (QED) is 0.547. The van der Waals surface area contributed by atoms with E-state index in [1.165, 1.54) is 9.37 Å². The number of nitrogens with one attached hydrogen (secondary N) is 1. The van der Waals surface area contributed by atoms with Gasteiger partial charge in [0.2, 0.25) is 0 Å². The van der Waals surface area contributed by atoms with Gasteiger partial charge in [0.15, 0.2) is 0 Å². The molecule has 1 aromatic carbocycles. The van der Waals surface area contributed by atoms with Gasteiger partial charge in [-0.15, -0.1) is 11.8 Å². The zero-order valence-electron chi connectivity index (χ0n) is 11.1. The van der Waals surface area contributed by atoms with Gasteiger partial charge in [0, 0.05) is 28.3 Å². The Morgan fingerprint density at radius 1 is 1.28 bits per heavy atom. The van der Waals surface area contributed by atoms with Crippen molar-refractivity contribution in [1.82, 2.24) is 5.32 Å². The van der Waals surface area contributed by atoms with Crippen LogP contribution in [0, 0.1) is 0 Å². The Hall–Kier alpha value is -0.0300. The molecule has 0 unspecified atom stereocenters. The van der Waals surface area contributed by atoms with Crippen molar-refractivity contribution < 1.29 is 4.74 Å². The Labute approximate surface area is 123 Å². The highest BCUT2D eigenvalue weighted by molar-refractivity contribution is 9.10. The average molecular weight is 332 g/mol. The van der Waals surface area contributed by atoms with E-state index in [0.717, 1.165) is 31.9 Å². The molecule has 0 fully saturated rings. The van der Waals surface area contributed by atoms with Gasteiger partial charge in [-0.3, -0.25) is 0 Å². The maximum atomic E-state index is 5.48. The molecule has 0 radical (unpaired) electrons. The van der Waals surface area contributed by atoms with Crippen molar-refractivity contribution in [2.45, 2.75) is 31.3 Å². The zero-order chi connectivity index (χ0) is 13.2. The molecule has 0 saturated heterocycles.